The fourth-order valence-electron chi connectivity index (χ4n) is 8.70. The zero-order chi connectivity index (χ0) is 52.7. The molecule has 0 fully saturated rings. The number of carbonyl (C=O) groups is 3. The number of hydrogen-bond donors (Lipinski definition) is 2. The topological polar surface area (TPSA) is 155 Å². The van der Waals surface area contributed by atoms with E-state index in [-0.39, 0.29) is 25.9 Å². The van der Waals surface area contributed by atoms with Gasteiger partial charge in [0.2, 0.25) is 0 Å². The van der Waals surface area contributed by atoms with Gasteiger partial charge < -0.3 is 24.2 Å². The Kier molecular flexibility index (Phi) is 53.6. The zero-order valence-corrected chi connectivity index (χ0v) is 47.8. The van der Waals surface area contributed by atoms with Gasteiger partial charge >= 0.3 is 25.7 Å². The molecule has 2 N–H and O–H groups in total. The Labute approximate surface area is 442 Å². The van der Waals surface area contributed by atoms with Crippen LogP contribution in [0.2, 0.25) is 0 Å². The average Bonchev–Trinajstić information content (AvgIpc) is 3.37. The summed E-state index contributed by atoms with van der Waals surface area (Å²) in [6.07, 6.45) is 55.6. The Balaban J connectivity index is 4.64. The number of hydrogen-bond acceptors (Lipinski definition) is 10. The summed E-state index contributed by atoms with van der Waals surface area (Å²) >= 11 is 0. The first kappa shape index (κ1) is 70.0. The molecule has 0 aromatic carbocycles. The Morgan fingerprint density at radius 3 is 0.972 bits per heavy atom. The molecule has 0 radical (unpaired) electrons. The summed E-state index contributed by atoms with van der Waals surface area (Å²) in [6, 6.07) is 0. The van der Waals surface area contributed by atoms with Crippen LogP contribution >= 0.6 is 7.82 Å². The number of rotatable bonds is 57. The van der Waals surface area contributed by atoms with Crippen LogP contribution in [-0.4, -0.2) is 66.5 Å². The average molecular weight is 1040 g/mol. The summed E-state index contributed by atoms with van der Waals surface area (Å²) in [6.45, 7) is 4.65. The van der Waals surface area contributed by atoms with Crippen molar-refractivity contribution in [3.63, 3.8) is 0 Å². The smallest absolute Gasteiger partial charge is 0.462 e. The first-order valence-corrected chi connectivity index (χ1v) is 31.7. The lowest BCUT2D eigenvalue weighted by Gasteiger charge is -2.21. The normalized spacial score (nSPS) is 13.5. The van der Waals surface area contributed by atoms with Gasteiger partial charge in [-0.05, 0) is 70.6 Å². The fraction of sp³-hybridized carbons (Fsp3) is 0.883. The summed E-state index contributed by atoms with van der Waals surface area (Å²) in [5.41, 5.74) is 0. The standard InChI is InChI=1S/C60H113O11P/c1-4-7-10-13-16-19-22-25-26-27-28-29-30-33-34-37-40-43-46-49-58(62)67-53-57(71-60(64)51-48-45-42-39-36-32-24-21-18-15-12-9-6-3)55-69-72(65,66)68-54-56(52-61)70-59(63)50-47-44-41-38-35-31-23-20-17-14-11-8-5-2/h20-21,23-24,56-57,61H,4-19,22,25-55H2,1-3H3,(H,65,66)/b23-20-,24-21-. The van der Waals surface area contributed by atoms with Gasteiger partial charge in [0.25, 0.3) is 0 Å². The highest BCUT2D eigenvalue weighted by Crippen LogP contribution is 2.43. The lowest BCUT2D eigenvalue weighted by atomic mass is 10.0. The first-order chi connectivity index (χ1) is 35.2. The second kappa shape index (κ2) is 55.2. The SMILES string of the molecule is CCCCCC/C=C\CCCCCCCC(=O)OC(CO)COP(=O)(O)OCC(COC(=O)CCCCCCCCCCCCCCCCCCCCC)OC(=O)CCCCCCC/C=C\CCCCCC. The lowest BCUT2D eigenvalue weighted by molar-refractivity contribution is -0.161. The van der Waals surface area contributed by atoms with Gasteiger partial charge in [-0.15, -0.1) is 0 Å². The molecule has 0 aliphatic rings. The molecule has 0 spiro atoms. The largest absolute Gasteiger partial charge is 0.472 e. The van der Waals surface area contributed by atoms with E-state index < -0.39 is 57.8 Å². The molecular weight excluding hydrogens is 928 g/mol. The van der Waals surface area contributed by atoms with E-state index in [0.717, 1.165) is 96.3 Å². The maximum absolute atomic E-state index is 12.9. The third-order valence-electron chi connectivity index (χ3n) is 13.3. The fourth-order valence-corrected chi connectivity index (χ4v) is 9.48. The molecule has 12 heteroatoms. The van der Waals surface area contributed by atoms with Crippen molar-refractivity contribution in [2.75, 3.05) is 26.4 Å². The number of aliphatic hydroxyl groups excluding tert-OH is 1. The zero-order valence-electron chi connectivity index (χ0n) is 46.9. The molecule has 424 valence electrons. The van der Waals surface area contributed by atoms with Crippen molar-refractivity contribution in [1.29, 1.82) is 0 Å². The third-order valence-corrected chi connectivity index (χ3v) is 14.3. The number of ether oxygens (including phenoxy) is 3. The second-order valence-electron chi connectivity index (χ2n) is 20.5. The van der Waals surface area contributed by atoms with Gasteiger partial charge in [0.15, 0.2) is 6.10 Å². The first-order valence-electron chi connectivity index (χ1n) is 30.2. The van der Waals surface area contributed by atoms with Crippen molar-refractivity contribution >= 4 is 25.7 Å². The number of allylic oxidation sites excluding steroid dienone is 4. The molecule has 0 aromatic heterocycles. The van der Waals surface area contributed by atoms with Crippen LogP contribution in [-0.2, 0) is 42.2 Å². The van der Waals surface area contributed by atoms with Gasteiger partial charge in [-0.1, -0.05) is 238 Å². The van der Waals surface area contributed by atoms with Crippen molar-refractivity contribution in [2.45, 2.75) is 315 Å². The number of unbranched alkanes of at least 4 members (excludes halogenated alkanes) is 36. The highest BCUT2D eigenvalue weighted by molar-refractivity contribution is 7.47. The van der Waals surface area contributed by atoms with E-state index >= 15 is 0 Å². The van der Waals surface area contributed by atoms with Crippen LogP contribution in [0.4, 0.5) is 0 Å². The predicted octanol–water partition coefficient (Wildman–Crippen LogP) is 17.8. The Hall–Kier alpha value is -2.04. The minimum Gasteiger partial charge on any atom is -0.462 e. The van der Waals surface area contributed by atoms with Crippen LogP contribution < -0.4 is 0 Å². The highest BCUT2D eigenvalue weighted by Gasteiger charge is 2.28. The van der Waals surface area contributed by atoms with Crippen molar-refractivity contribution in [3.8, 4) is 0 Å². The monoisotopic (exact) mass is 1040 g/mol. The molecule has 0 aromatic rings. The van der Waals surface area contributed by atoms with E-state index in [1.807, 2.05) is 0 Å². The van der Waals surface area contributed by atoms with Crippen LogP contribution in [0.3, 0.4) is 0 Å². The molecule has 0 bridgehead atoms. The number of phosphoric ester groups is 1. The van der Waals surface area contributed by atoms with Crippen LogP contribution in [0.15, 0.2) is 24.3 Å². The summed E-state index contributed by atoms with van der Waals surface area (Å²) in [5.74, 6) is -1.46. The van der Waals surface area contributed by atoms with E-state index in [1.54, 1.807) is 0 Å². The molecular formula is C60H113O11P. The molecule has 0 heterocycles. The second-order valence-corrected chi connectivity index (χ2v) is 22.0. The molecule has 0 aliphatic heterocycles. The summed E-state index contributed by atoms with van der Waals surface area (Å²) in [5, 5.41) is 9.81. The number of carbonyl (C=O) groups excluding carboxylic acids is 3. The van der Waals surface area contributed by atoms with Crippen LogP contribution in [0.25, 0.3) is 0 Å². The van der Waals surface area contributed by atoms with Gasteiger partial charge in [-0.3, -0.25) is 23.4 Å². The Morgan fingerprint density at radius 2 is 0.639 bits per heavy atom. The number of aliphatic hydroxyl groups is 1. The van der Waals surface area contributed by atoms with E-state index in [0.29, 0.717) is 19.3 Å². The van der Waals surface area contributed by atoms with Gasteiger partial charge in [0, 0.05) is 19.3 Å². The molecule has 3 atom stereocenters. The Bertz CT molecular complexity index is 1310. The predicted molar refractivity (Wildman–Crippen MR) is 298 cm³/mol. The molecule has 0 saturated carbocycles. The molecule has 0 rings (SSSR count). The minimum atomic E-state index is -4.74. The third kappa shape index (κ3) is 52.8. The molecule has 72 heavy (non-hydrogen) atoms. The van der Waals surface area contributed by atoms with Gasteiger partial charge in [0.1, 0.15) is 12.7 Å². The van der Waals surface area contributed by atoms with Crippen LogP contribution in [0, 0.1) is 0 Å². The molecule has 0 amide bonds. The lowest BCUT2D eigenvalue weighted by Crippen LogP contribution is -2.30. The molecule has 0 saturated heterocycles. The summed E-state index contributed by atoms with van der Waals surface area (Å²) < 4.78 is 39.5. The summed E-state index contributed by atoms with van der Waals surface area (Å²) in [7, 11) is -4.74. The molecule has 11 nitrogen and oxygen atoms in total. The van der Waals surface area contributed by atoms with Crippen LogP contribution in [0.1, 0.15) is 303 Å². The van der Waals surface area contributed by atoms with Crippen molar-refractivity contribution in [2.24, 2.45) is 0 Å². The van der Waals surface area contributed by atoms with E-state index in [2.05, 4.69) is 45.1 Å². The quantitative estimate of drug-likeness (QED) is 0.0197. The molecule has 3 unspecified atom stereocenters. The maximum atomic E-state index is 12.9. The van der Waals surface area contributed by atoms with Crippen molar-refractivity contribution in [3.05, 3.63) is 24.3 Å². The number of phosphoric acid groups is 1. The Morgan fingerprint density at radius 1 is 0.375 bits per heavy atom. The minimum absolute atomic E-state index is 0.162. The number of esters is 3. The van der Waals surface area contributed by atoms with E-state index in [4.69, 9.17) is 23.3 Å². The van der Waals surface area contributed by atoms with Crippen molar-refractivity contribution in [1.82, 2.24) is 0 Å². The molecule has 0 aliphatic carbocycles. The van der Waals surface area contributed by atoms with Gasteiger partial charge in [-0.25, -0.2) is 4.57 Å². The van der Waals surface area contributed by atoms with E-state index in [1.165, 1.54) is 148 Å². The maximum Gasteiger partial charge on any atom is 0.472 e. The summed E-state index contributed by atoms with van der Waals surface area (Å²) in [4.78, 5) is 48.5. The van der Waals surface area contributed by atoms with Crippen molar-refractivity contribution < 1.29 is 52.2 Å². The van der Waals surface area contributed by atoms with E-state index in [9.17, 15) is 28.9 Å². The van der Waals surface area contributed by atoms with Gasteiger partial charge in [0.05, 0.1) is 19.8 Å². The van der Waals surface area contributed by atoms with Gasteiger partial charge in [-0.2, -0.15) is 0 Å². The van der Waals surface area contributed by atoms with Crippen LogP contribution in [0.5, 0.6) is 0 Å². The highest BCUT2D eigenvalue weighted by atomic mass is 31.2.